The molecule has 1 N–H and O–H groups in total. The molecule has 112 valence electrons. The van der Waals surface area contributed by atoms with Gasteiger partial charge in [-0.15, -0.1) is 0 Å². The molecule has 0 fully saturated rings. The maximum absolute atomic E-state index is 13.9. The van der Waals surface area contributed by atoms with Crippen molar-refractivity contribution in [1.82, 2.24) is 0 Å². The number of para-hydroxylation sites is 1. The lowest BCUT2D eigenvalue weighted by Gasteiger charge is -2.17. The van der Waals surface area contributed by atoms with E-state index in [0.717, 1.165) is 0 Å². The summed E-state index contributed by atoms with van der Waals surface area (Å²) in [6.45, 7) is 0. The van der Waals surface area contributed by atoms with Gasteiger partial charge in [0.2, 0.25) is 0 Å². The molecule has 0 aromatic heterocycles. The van der Waals surface area contributed by atoms with Crippen LogP contribution >= 0.6 is 11.6 Å². The summed E-state index contributed by atoms with van der Waals surface area (Å²) < 4.78 is 24.4. The Hall–Kier alpha value is -1.78. The van der Waals surface area contributed by atoms with E-state index in [2.05, 4.69) is 0 Å². The fraction of sp³-hybridized carbons (Fsp3) is 0.250. The molecule has 0 spiro atoms. The number of aliphatic hydroxyl groups is 1. The van der Waals surface area contributed by atoms with Gasteiger partial charge in [0.25, 0.3) is 0 Å². The molecule has 21 heavy (non-hydrogen) atoms. The third-order valence-corrected chi connectivity index (χ3v) is 3.53. The molecule has 5 heteroatoms. The van der Waals surface area contributed by atoms with Gasteiger partial charge in [-0.05, 0) is 17.7 Å². The van der Waals surface area contributed by atoms with E-state index in [1.54, 1.807) is 30.3 Å². The maximum Gasteiger partial charge on any atom is 0.166 e. The van der Waals surface area contributed by atoms with E-state index < -0.39 is 11.9 Å². The first kappa shape index (κ1) is 15.6. The van der Waals surface area contributed by atoms with Crippen molar-refractivity contribution in [3.63, 3.8) is 0 Å². The number of ether oxygens (including phenoxy) is 2. The van der Waals surface area contributed by atoms with Crippen molar-refractivity contribution in [2.75, 3.05) is 14.2 Å². The van der Waals surface area contributed by atoms with E-state index in [1.165, 1.54) is 20.3 Å². The number of hydrogen-bond acceptors (Lipinski definition) is 3. The summed E-state index contributed by atoms with van der Waals surface area (Å²) in [5.41, 5.74) is 0.885. The van der Waals surface area contributed by atoms with Crippen LogP contribution in [0.2, 0.25) is 5.02 Å². The van der Waals surface area contributed by atoms with E-state index >= 15 is 0 Å². The predicted octanol–water partition coefficient (Wildman–Crippen LogP) is 3.77. The van der Waals surface area contributed by atoms with Crippen LogP contribution in [0.15, 0.2) is 36.4 Å². The molecule has 3 nitrogen and oxygen atoms in total. The van der Waals surface area contributed by atoms with Gasteiger partial charge < -0.3 is 14.6 Å². The molecule has 0 aliphatic heterocycles. The zero-order chi connectivity index (χ0) is 15.4. The van der Waals surface area contributed by atoms with Gasteiger partial charge in [0.15, 0.2) is 11.5 Å². The van der Waals surface area contributed by atoms with Gasteiger partial charge in [-0.25, -0.2) is 4.39 Å². The third kappa shape index (κ3) is 3.28. The molecule has 0 amide bonds. The van der Waals surface area contributed by atoms with Crippen molar-refractivity contribution in [2.45, 2.75) is 12.5 Å². The molecule has 0 aliphatic rings. The Morgan fingerprint density at radius 1 is 1.14 bits per heavy atom. The second kappa shape index (κ2) is 6.78. The molecular formula is C16H16ClFO3. The van der Waals surface area contributed by atoms with Crippen molar-refractivity contribution in [3.8, 4) is 11.5 Å². The molecule has 1 unspecified atom stereocenters. The fourth-order valence-corrected chi connectivity index (χ4v) is 2.39. The van der Waals surface area contributed by atoms with Crippen molar-refractivity contribution in [1.29, 1.82) is 0 Å². The van der Waals surface area contributed by atoms with Gasteiger partial charge in [-0.3, -0.25) is 0 Å². The summed E-state index contributed by atoms with van der Waals surface area (Å²) >= 11 is 5.75. The number of halogens is 2. The lowest BCUT2D eigenvalue weighted by molar-refractivity contribution is 0.171. The standard InChI is InChI=1S/C16H16ClFO3/c1-20-14-8-4-6-11(16(14)21-2)13(19)9-10-5-3-7-12(17)15(10)18/h3-8,13,19H,9H2,1-2H3. The molecule has 0 saturated carbocycles. The first-order valence-corrected chi connectivity index (χ1v) is 6.78. The van der Waals surface area contributed by atoms with Crippen LogP contribution in [0.5, 0.6) is 11.5 Å². The third-order valence-electron chi connectivity index (χ3n) is 3.24. The minimum atomic E-state index is -0.928. The molecule has 0 heterocycles. The highest BCUT2D eigenvalue weighted by Crippen LogP contribution is 2.36. The molecule has 0 saturated heterocycles. The molecule has 0 aliphatic carbocycles. The first-order valence-electron chi connectivity index (χ1n) is 6.40. The Morgan fingerprint density at radius 2 is 1.86 bits per heavy atom. The lowest BCUT2D eigenvalue weighted by atomic mass is 10.00. The molecule has 2 rings (SSSR count). The average molecular weight is 311 g/mol. The minimum absolute atomic E-state index is 0.0392. The quantitative estimate of drug-likeness (QED) is 0.913. The summed E-state index contributed by atoms with van der Waals surface area (Å²) in [6, 6.07) is 9.91. The Labute approximate surface area is 127 Å². The molecular weight excluding hydrogens is 295 g/mol. The van der Waals surface area contributed by atoms with Gasteiger partial charge in [0, 0.05) is 12.0 Å². The molecule has 2 aromatic rings. The molecule has 2 aromatic carbocycles. The van der Waals surface area contributed by atoms with Crippen LogP contribution < -0.4 is 9.47 Å². The smallest absolute Gasteiger partial charge is 0.166 e. The van der Waals surface area contributed by atoms with E-state index in [0.29, 0.717) is 22.6 Å². The van der Waals surface area contributed by atoms with E-state index in [1.807, 2.05) is 0 Å². The second-order valence-corrected chi connectivity index (χ2v) is 4.92. The van der Waals surface area contributed by atoms with Crippen LogP contribution in [0.25, 0.3) is 0 Å². The van der Waals surface area contributed by atoms with Crippen molar-refractivity contribution in [2.24, 2.45) is 0 Å². The fourth-order valence-electron chi connectivity index (χ4n) is 2.20. The zero-order valence-corrected chi connectivity index (χ0v) is 12.5. The average Bonchev–Trinajstić information content (AvgIpc) is 2.50. The number of hydrogen-bond donors (Lipinski definition) is 1. The normalized spacial score (nSPS) is 12.0. The van der Waals surface area contributed by atoms with Gasteiger partial charge in [0.1, 0.15) is 5.82 Å². The Balaban J connectivity index is 2.32. The van der Waals surface area contributed by atoms with E-state index in [4.69, 9.17) is 21.1 Å². The molecule has 1 atom stereocenters. The van der Waals surface area contributed by atoms with E-state index in [9.17, 15) is 9.50 Å². The number of aliphatic hydroxyl groups excluding tert-OH is 1. The van der Waals surface area contributed by atoms with Crippen LogP contribution in [0.4, 0.5) is 4.39 Å². The Bertz CT molecular complexity index is 631. The monoisotopic (exact) mass is 310 g/mol. The molecule has 0 radical (unpaired) electrons. The first-order chi connectivity index (χ1) is 10.1. The van der Waals surface area contributed by atoms with Crippen molar-refractivity contribution < 1.29 is 19.0 Å². The van der Waals surface area contributed by atoms with Crippen LogP contribution in [0, 0.1) is 5.82 Å². The highest BCUT2D eigenvalue weighted by atomic mass is 35.5. The number of rotatable bonds is 5. The van der Waals surface area contributed by atoms with Gasteiger partial charge >= 0.3 is 0 Å². The van der Waals surface area contributed by atoms with Crippen LogP contribution in [0.1, 0.15) is 17.2 Å². The Kier molecular flexibility index (Phi) is 5.04. The number of methoxy groups -OCH3 is 2. The van der Waals surface area contributed by atoms with Crippen LogP contribution in [0.3, 0.4) is 0 Å². The SMILES string of the molecule is COc1cccc(C(O)Cc2cccc(Cl)c2F)c1OC. The van der Waals surface area contributed by atoms with Crippen LogP contribution in [-0.2, 0) is 6.42 Å². The Morgan fingerprint density at radius 3 is 2.52 bits per heavy atom. The highest BCUT2D eigenvalue weighted by Gasteiger charge is 2.19. The summed E-state index contributed by atoms with van der Waals surface area (Å²) in [5.74, 6) is 0.440. The predicted molar refractivity (Wildman–Crippen MR) is 79.6 cm³/mol. The zero-order valence-electron chi connectivity index (χ0n) is 11.8. The van der Waals surface area contributed by atoms with Gasteiger partial charge in [-0.2, -0.15) is 0 Å². The topological polar surface area (TPSA) is 38.7 Å². The van der Waals surface area contributed by atoms with Crippen molar-refractivity contribution in [3.05, 3.63) is 58.4 Å². The summed E-state index contributed by atoms with van der Waals surface area (Å²) in [5, 5.41) is 10.4. The summed E-state index contributed by atoms with van der Waals surface area (Å²) in [7, 11) is 3.01. The molecule has 0 bridgehead atoms. The van der Waals surface area contributed by atoms with E-state index in [-0.39, 0.29) is 11.4 Å². The minimum Gasteiger partial charge on any atom is -0.493 e. The van der Waals surface area contributed by atoms with Crippen molar-refractivity contribution >= 4 is 11.6 Å². The van der Waals surface area contributed by atoms with Gasteiger partial charge in [0.05, 0.1) is 25.3 Å². The largest absolute Gasteiger partial charge is 0.493 e. The summed E-state index contributed by atoms with van der Waals surface area (Å²) in [6.07, 6.45) is -0.835. The summed E-state index contributed by atoms with van der Waals surface area (Å²) in [4.78, 5) is 0. The van der Waals surface area contributed by atoms with Gasteiger partial charge in [-0.1, -0.05) is 35.9 Å². The number of benzene rings is 2. The second-order valence-electron chi connectivity index (χ2n) is 4.52. The van der Waals surface area contributed by atoms with Crippen LogP contribution in [-0.4, -0.2) is 19.3 Å². The lowest BCUT2D eigenvalue weighted by Crippen LogP contribution is -2.06. The highest BCUT2D eigenvalue weighted by molar-refractivity contribution is 6.30. The maximum atomic E-state index is 13.9.